The van der Waals surface area contributed by atoms with E-state index in [0.29, 0.717) is 0 Å². The molecule has 0 saturated heterocycles. The predicted octanol–water partition coefficient (Wildman–Crippen LogP) is 3.29. The topological polar surface area (TPSA) is 37.3 Å². The Kier molecular flexibility index (Phi) is 2.56. The van der Waals surface area contributed by atoms with Crippen LogP contribution in [0.15, 0.2) is 28.7 Å². The van der Waals surface area contributed by atoms with Crippen molar-refractivity contribution in [3.05, 3.63) is 33.6 Å². The van der Waals surface area contributed by atoms with Crippen molar-refractivity contribution in [1.82, 2.24) is 0 Å². The number of carboxylic acids is 1. The Morgan fingerprint density at radius 2 is 2.29 bits per heavy atom. The molecule has 0 spiro atoms. The molecular formula is C10H7BrO2S. The van der Waals surface area contributed by atoms with E-state index in [9.17, 15) is 4.79 Å². The van der Waals surface area contributed by atoms with Crippen LogP contribution in [0, 0.1) is 0 Å². The number of carboxylic acid groups (broad SMARTS) is 1. The van der Waals surface area contributed by atoms with Gasteiger partial charge in [-0.25, -0.2) is 0 Å². The van der Waals surface area contributed by atoms with Gasteiger partial charge in [-0.05, 0) is 18.2 Å². The average Bonchev–Trinajstić information content (AvgIpc) is 2.47. The summed E-state index contributed by atoms with van der Waals surface area (Å²) in [5.41, 5.74) is 0. The Bertz CT molecular complexity index is 490. The average molecular weight is 271 g/mol. The van der Waals surface area contributed by atoms with E-state index in [2.05, 4.69) is 15.9 Å². The number of fused-ring (bicyclic) bond motifs is 1. The summed E-state index contributed by atoms with van der Waals surface area (Å²) < 4.78 is 2.14. The normalized spacial score (nSPS) is 10.6. The van der Waals surface area contributed by atoms with Crippen LogP contribution in [0.2, 0.25) is 0 Å². The predicted molar refractivity (Wildman–Crippen MR) is 60.9 cm³/mol. The Balaban J connectivity index is 2.51. The number of hydrogen-bond donors (Lipinski definition) is 1. The van der Waals surface area contributed by atoms with Crippen molar-refractivity contribution in [3.63, 3.8) is 0 Å². The van der Waals surface area contributed by atoms with E-state index in [0.717, 1.165) is 19.4 Å². The Hall–Kier alpha value is -0.870. The van der Waals surface area contributed by atoms with Crippen LogP contribution in [-0.4, -0.2) is 11.1 Å². The molecule has 14 heavy (non-hydrogen) atoms. The first-order chi connectivity index (χ1) is 6.66. The second-order valence-electron chi connectivity index (χ2n) is 2.93. The number of thiophene rings is 1. The quantitative estimate of drug-likeness (QED) is 0.910. The minimum absolute atomic E-state index is 0.103. The highest BCUT2D eigenvalue weighted by molar-refractivity contribution is 9.10. The third-order valence-electron chi connectivity index (χ3n) is 1.88. The largest absolute Gasteiger partial charge is 0.481 e. The summed E-state index contributed by atoms with van der Waals surface area (Å²) in [5, 5.41) is 9.75. The molecule has 0 aliphatic rings. The van der Waals surface area contributed by atoms with Gasteiger partial charge in [0.2, 0.25) is 0 Å². The summed E-state index contributed by atoms with van der Waals surface area (Å²) in [6.45, 7) is 0. The molecule has 0 aliphatic carbocycles. The molecule has 4 heteroatoms. The fraction of sp³-hybridized carbons (Fsp3) is 0.100. The summed E-state index contributed by atoms with van der Waals surface area (Å²) in [6.07, 6.45) is 0.103. The van der Waals surface area contributed by atoms with Crippen molar-refractivity contribution < 1.29 is 9.90 Å². The van der Waals surface area contributed by atoms with Gasteiger partial charge in [0.15, 0.2) is 0 Å². The Labute approximate surface area is 93.3 Å². The van der Waals surface area contributed by atoms with Crippen molar-refractivity contribution in [2.45, 2.75) is 6.42 Å². The first kappa shape index (κ1) is 9.68. The molecule has 1 aromatic heterocycles. The molecule has 2 aromatic rings. The molecule has 1 aromatic carbocycles. The third-order valence-corrected chi connectivity index (χ3v) is 3.68. The zero-order valence-corrected chi connectivity index (χ0v) is 9.56. The highest BCUT2D eigenvalue weighted by atomic mass is 79.9. The monoisotopic (exact) mass is 270 g/mol. The summed E-state index contributed by atoms with van der Waals surface area (Å²) in [5.74, 6) is -0.785. The SMILES string of the molecule is O=C(O)Cc1cc2c(Br)cccc2s1. The van der Waals surface area contributed by atoms with E-state index >= 15 is 0 Å². The van der Waals surface area contributed by atoms with Gasteiger partial charge in [0.25, 0.3) is 0 Å². The van der Waals surface area contributed by atoms with Crippen molar-refractivity contribution in [2.75, 3.05) is 0 Å². The molecule has 0 fully saturated rings. The van der Waals surface area contributed by atoms with E-state index in [1.165, 1.54) is 11.3 Å². The summed E-state index contributed by atoms with van der Waals surface area (Å²) >= 11 is 4.96. The number of aliphatic carboxylic acids is 1. The molecule has 2 rings (SSSR count). The molecule has 0 radical (unpaired) electrons. The molecule has 0 unspecified atom stereocenters. The first-order valence-corrected chi connectivity index (χ1v) is 5.66. The lowest BCUT2D eigenvalue weighted by Gasteiger charge is -1.89. The van der Waals surface area contributed by atoms with Crippen LogP contribution in [0.25, 0.3) is 10.1 Å². The van der Waals surface area contributed by atoms with Gasteiger partial charge in [-0.15, -0.1) is 11.3 Å². The minimum Gasteiger partial charge on any atom is -0.481 e. The maximum absolute atomic E-state index is 10.5. The van der Waals surface area contributed by atoms with Crippen molar-refractivity contribution in [3.8, 4) is 0 Å². The second-order valence-corrected chi connectivity index (χ2v) is 4.96. The van der Waals surface area contributed by atoms with Crippen LogP contribution in [0.5, 0.6) is 0 Å². The van der Waals surface area contributed by atoms with Crippen LogP contribution in [-0.2, 0) is 11.2 Å². The molecule has 1 N–H and O–H groups in total. The number of benzene rings is 1. The summed E-state index contributed by atoms with van der Waals surface area (Å²) in [6, 6.07) is 7.83. The molecule has 0 bridgehead atoms. The van der Waals surface area contributed by atoms with Crippen molar-refractivity contribution >= 4 is 43.3 Å². The maximum Gasteiger partial charge on any atom is 0.308 e. The molecule has 0 amide bonds. The van der Waals surface area contributed by atoms with E-state index in [1.807, 2.05) is 24.3 Å². The first-order valence-electron chi connectivity index (χ1n) is 4.05. The van der Waals surface area contributed by atoms with Crippen molar-refractivity contribution in [1.29, 1.82) is 0 Å². The lowest BCUT2D eigenvalue weighted by molar-refractivity contribution is -0.136. The Morgan fingerprint density at radius 1 is 1.50 bits per heavy atom. The number of carbonyl (C=O) groups is 1. The second kappa shape index (κ2) is 3.71. The van der Waals surface area contributed by atoms with Crippen LogP contribution in [0.4, 0.5) is 0 Å². The molecule has 0 atom stereocenters. The van der Waals surface area contributed by atoms with Crippen LogP contribution >= 0.6 is 27.3 Å². The summed E-state index contributed by atoms with van der Waals surface area (Å²) in [4.78, 5) is 11.4. The molecule has 0 saturated carbocycles. The third kappa shape index (κ3) is 1.81. The van der Waals surface area contributed by atoms with Gasteiger partial charge in [-0.3, -0.25) is 4.79 Å². The molecule has 1 heterocycles. The minimum atomic E-state index is -0.785. The zero-order chi connectivity index (χ0) is 10.1. The highest BCUT2D eigenvalue weighted by Crippen LogP contribution is 2.31. The van der Waals surface area contributed by atoms with E-state index in [-0.39, 0.29) is 6.42 Å². The van der Waals surface area contributed by atoms with Crippen LogP contribution in [0.1, 0.15) is 4.88 Å². The number of hydrogen-bond acceptors (Lipinski definition) is 2. The molecular weight excluding hydrogens is 264 g/mol. The van der Waals surface area contributed by atoms with Gasteiger partial charge in [0.05, 0.1) is 6.42 Å². The van der Waals surface area contributed by atoms with Crippen molar-refractivity contribution in [2.24, 2.45) is 0 Å². The van der Waals surface area contributed by atoms with Gasteiger partial charge in [-0.2, -0.15) is 0 Å². The smallest absolute Gasteiger partial charge is 0.308 e. The fourth-order valence-corrected chi connectivity index (χ4v) is 3.01. The highest BCUT2D eigenvalue weighted by Gasteiger charge is 2.07. The Morgan fingerprint density at radius 3 is 2.93 bits per heavy atom. The van der Waals surface area contributed by atoms with Gasteiger partial charge in [-0.1, -0.05) is 22.0 Å². The van der Waals surface area contributed by atoms with Crippen LogP contribution in [0.3, 0.4) is 0 Å². The van der Waals surface area contributed by atoms with Gasteiger partial charge < -0.3 is 5.11 Å². The lowest BCUT2D eigenvalue weighted by Crippen LogP contribution is -1.96. The van der Waals surface area contributed by atoms with E-state index < -0.39 is 5.97 Å². The molecule has 72 valence electrons. The fourth-order valence-electron chi connectivity index (χ4n) is 1.31. The number of halogens is 1. The van der Waals surface area contributed by atoms with Gasteiger partial charge >= 0.3 is 5.97 Å². The lowest BCUT2D eigenvalue weighted by atomic mass is 10.2. The van der Waals surface area contributed by atoms with Gasteiger partial charge in [0, 0.05) is 19.4 Å². The molecule has 2 nitrogen and oxygen atoms in total. The summed E-state index contributed by atoms with van der Waals surface area (Å²) in [7, 11) is 0. The standard InChI is InChI=1S/C10H7BrO2S/c11-8-2-1-3-9-7(8)4-6(14-9)5-10(12)13/h1-4H,5H2,(H,12,13). The molecule has 0 aliphatic heterocycles. The van der Waals surface area contributed by atoms with E-state index in [4.69, 9.17) is 5.11 Å². The van der Waals surface area contributed by atoms with Gasteiger partial charge in [0.1, 0.15) is 0 Å². The van der Waals surface area contributed by atoms with Crippen LogP contribution < -0.4 is 0 Å². The maximum atomic E-state index is 10.5. The van der Waals surface area contributed by atoms with E-state index in [1.54, 1.807) is 0 Å². The number of rotatable bonds is 2. The zero-order valence-electron chi connectivity index (χ0n) is 7.16.